The summed E-state index contributed by atoms with van der Waals surface area (Å²) in [6.45, 7) is 0.655. The molecule has 39 heavy (non-hydrogen) atoms. The van der Waals surface area contributed by atoms with Gasteiger partial charge in [-0.3, -0.25) is 14.9 Å². The number of likely N-dealkylation sites (tertiary alicyclic amines) is 1. The molecule has 0 saturated carbocycles. The summed E-state index contributed by atoms with van der Waals surface area (Å²) in [5, 5.41) is 6.19. The number of carbonyl (C=O) groups is 2. The molecule has 3 aliphatic rings. The van der Waals surface area contributed by atoms with Crippen molar-refractivity contribution in [2.24, 2.45) is 0 Å². The molecule has 14 heteroatoms. The van der Waals surface area contributed by atoms with Gasteiger partial charge in [0.15, 0.2) is 11.5 Å². The van der Waals surface area contributed by atoms with Crippen LogP contribution >= 0.6 is 11.8 Å². The first-order valence-electron chi connectivity index (χ1n) is 12.0. The third kappa shape index (κ3) is 5.91. The highest BCUT2D eigenvalue weighted by Gasteiger charge is 2.45. The fourth-order valence-electron chi connectivity index (χ4n) is 4.77. The highest BCUT2D eigenvalue weighted by Crippen LogP contribution is 2.41. The Balaban J connectivity index is 1.18. The fraction of sp³-hybridized carbons (Fsp3) is 0.440. The molecule has 2 aromatic carbocycles. The minimum Gasteiger partial charge on any atom is -0.454 e. The van der Waals surface area contributed by atoms with Crippen molar-refractivity contribution in [3.63, 3.8) is 0 Å². The van der Waals surface area contributed by atoms with Crippen LogP contribution in [-0.4, -0.2) is 53.3 Å². The van der Waals surface area contributed by atoms with Gasteiger partial charge in [0.2, 0.25) is 12.7 Å². The molecule has 1 unspecified atom stereocenters. The highest BCUT2D eigenvalue weighted by atomic mass is 32.2. The highest BCUT2D eigenvalue weighted by molar-refractivity contribution is 8.01. The Labute approximate surface area is 223 Å². The van der Waals surface area contributed by atoms with Crippen LogP contribution in [0.25, 0.3) is 0 Å². The second-order valence-corrected chi connectivity index (χ2v) is 10.9. The first-order valence-corrected chi connectivity index (χ1v) is 13.0. The van der Waals surface area contributed by atoms with Crippen LogP contribution < -0.4 is 20.1 Å². The number of alkyl halides is 6. The summed E-state index contributed by atoms with van der Waals surface area (Å²) in [5.74, 6) is 0.612. The molecule has 0 radical (unpaired) electrons. The largest absolute Gasteiger partial charge is 0.454 e. The molecule has 7 nitrogen and oxygen atoms in total. The summed E-state index contributed by atoms with van der Waals surface area (Å²) in [5.41, 5.74) is -2.89. The van der Waals surface area contributed by atoms with E-state index in [4.69, 9.17) is 9.47 Å². The van der Waals surface area contributed by atoms with Crippen molar-refractivity contribution in [2.75, 3.05) is 25.6 Å². The molecule has 5 rings (SSSR count). The molecular weight excluding hydrogens is 552 g/mol. The number of benzene rings is 2. The number of nitrogens with one attached hydrogen (secondary N) is 2. The molecule has 2 saturated heterocycles. The summed E-state index contributed by atoms with van der Waals surface area (Å²) in [7, 11) is 0. The lowest BCUT2D eigenvalue weighted by Gasteiger charge is -2.39. The van der Waals surface area contributed by atoms with E-state index in [1.54, 1.807) is 12.1 Å². The fourth-order valence-corrected chi connectivity index (χ4v) is 6.19. The number of ether oxygens (including phenoxy) is 2. The van der Waals surface area contributed by atoms with Gasteiger partial charge in [-0.05, 0) is 48.7 Å². The zero-order valence-corrected chi connectivity index (χ0v) is 21.1. The molecule has 2 fully saturated rings. The number of carbonyl (C=O) groups excluding carboxylic acids is 2. The second kappa shape index (κ2) is 10.1. The zero-order valence-electron chi connectivity index (χ0n) is 20.2. The van der Waals surface area contributed by atoms with Gasteiger partial charge in [0, 0.05) is 31.0 Å². The zero-order chi connectivity index (χ0) is 28.0. The van der Waals surface area contributed by atoms with E-state index in [2.05, 4.69) is 10.6 Å². The molecular formula is C25H23F6N3O4S. The maximum absolute atomic E-state index is 13.2. The molecule has 2 aromatic rings. The lowest BCUT2D eigenvalue weighted by molar-refractivity contribution is -0.143. The Morgan fingerprint density at radius 1 is 0.974 bits per heavy atom. The molecule has 2 N–H and O–H groups in total. The molecule has 0 aromatic heterocycles. The van der Waals surface area contributed by atoms with Gasteiger partial charge < -0.3 is 19.7 Å². The SMILES string of the molecule is O=C(NCc1ccc2c(c1)OCO2)C1CSC2(CCN(C(=O)c3cc(C(F)(F)F)cc(C(F)(F)F)c3)CC2)N1. The maximum atomic E-state index is 13.2. The van der Waals surface area contributed by atoms with Crippen LogP contribution in [0.3, 0.4) is 0 Å². The third-order valence-electron chi connectivity index (χ3n) is 6.88. The summed E-state index contributed by atoms with van der Waals surface area (Å²) in [6, 6.07) is 5.77. The van der Waals surface area contributed by atoms with Crippen LogP contribution in [-0.2, 0) is 23.7 Å². The van der Waals surface area contributed by atoms with Crippen molar-refractivity contribution < 1.29 is 45.4 Å². The normalized spacial score (nSPS) is 20.4. The molecule has 3 heterocycles. The summed E-state index contributed by atoms with van der Waals surface area (Å²) < 4.78 is 89.8. The van der Waals surface area contributed by atoms with Crippen molar-refractivity contribution >= 4 is 23.6 Å². The molecule has 1 atom stereocenters. The molecule has 0 bridgehead atoms. The van der Waals surface area contributed by atoms with Gasteiger partial charge in [-0.15, -0.1) is 11.8 Å². The summed E-state index contributed by atoms with van der Waals surface area (Å²) in [4.78, 5) is 26.4. The van der Waals surface area contributed by atoms with E-state index >= 15 is 0 Å². The van der Waals surface area contributed by atoms with Gasteiger partial charge in [-0.1, -0.05) is 6.07 Å². The first-order chi connectivity index (χ1) is 18.3. The van der Waals surface area contributed by atoms with Crippen molar-refractivity contribution in [3.05, 3.63) is 58.7 Å². The number of hydrogen-bond acceptors (Lipinski definition) is 6. The number of thioether (sulfide) groups is 1. The lowest BCUT2D eigenvalue weighted by Crippen LogP contribution is -2.54. The molecule has 2 amide bonds. The van der Waals surface area contributed by atoms with E-state index < -0.39 is 45.9 Å². The second-order valence-electron chi connectivity index (χ2n) is 9.49. The van der Waals surface area contributed by atoms with Gasteiger partial charge in [0.25, 0.3) is 5.91 Å². The third-order valence-corrected chi connectivity index (χ3v) is 8.46. The van der Waals surface area contributed by atoms with E-state index in [9.17, 15) is 35.9 Å². The minimum absolute atomic E-state index is 0.00120. The Bertz CT molecular complexity index is 1250. The average Bonchev–Trinajstić information content (AvgIpc) is 3.53. The standard InChI is InChI=1S/C25H23F6N3O4S/c26-24(27,28)16-8-15(9-17(10-16)25(29,30)31)22(36)34-5-3-23(4-6-34)33-18(12-39-23)21(35)32-11-14-1-2-19-20(7-14)38-13-37-19/h1-2,7-10,18,33H,3-6,11-13H2,(H,32,35). The number of rotatable bonds is 4. The lowest BCUT2D eigenvalue weighted by atomic mass is 10.00. The van der Waals surface area contributed by atoms with Gasteiger partial charge in [-0.2, -0.15) is 26.3 Å². The van der Waals surface area contributed by atoms with E-state index in [1.165, 1.54) is 16.7 Å². The number of halogens is 6. The molecule has 0 aliphatic carbocycles. The number of amides is 2. The number of piperidine rings is 1. The Morgan fingerprint density at radius 2 is 1.62 bits per heavy atom. The Hall–Kier alpha value is -3.13. The van der Waals surface area contributed by atoms with Crippen LogP contribution in [0, 0.1) is 0 Å². The van der Waals surface area contributed by atoms with Crippen LogP contribution in [0.4, 0.5) is 26.3 Å². The van der Waals surface area contributed by atoms with E-state index in [-0.39, 0.29) is 38.4 Å². The summed E-state index contributed by atoms with van der Waals surface area (Å²) >= 11 is 1.52. The smallest absolute Gasteiger partial charge is 0.416 e. The number of hydrogen-bond donors (Lipinski definition) is 2. The Kier molecular flexibility index (Phi) is 7.12. The van der Waals surface area contributed by atoms with Crippen molar-refractivity contribution in [1.29, 1.82) is 0 Å². The van der Waals surface area contributed by atoms with Crippen molar-refractivity contribution in [1.82, 2.24) is 15.5 Å². The molecule has 210 valence electrons. The monoisotopic (exact) mass is 575 g/mol. The predicted octanol–water partition coefficient (Wildman–Crippen LogP) is 4.41. The van der Waals surface area contributed by atoms with Crippen LogP contribution in [0.5, 0.6) is 11.5 Å². The van der Waals surface area contributed by atoms with Gasteiger partial charge in [0.1, 0.15) is 0 Å². The molecule has 3 aliphatic heterocycles. The van der Waals surface area contributed by atoms with E-state index in [0.717, 1.165) is 5.56 Å². The van der Waals surface area contributed by atoms with Crippen LogP contribution in [0.2, 0.25) is 0 Å². The first kappa shape index (κ1) is 27.4. The van der Waals surface area contributed by atoms with Crippen LogP contribution in [0.1, 0.15) is 39.9 Å². The quantitative estimate of drug-likeness (QED) is 0.527. The average molecular weight is 576 g/mol. The van der Waals surface area contributed by atoms with Gasteiger partial charge >= 0.3 is 12.4 Å². The van der Waals surface area contributed by atoms with E-state index in [1.807, 2.05) is 6.07 Å². The minimum atomic E-state index is -5.04. The van der Waals surface area contributed by atoms with Gasteiger partial charge in [-0.25, -0.2) is 0 Å². The Morgan fingerprint density at radius 3 is 2.26 bits per heavy atom. The van der Waals surface area contributed by atoms with Crippen molar-refractivity contribution in [2.45, 2.75) is 42.7 Å². The predicted molar refractivity (Wildman–Crippen MR) is 128 cm³/mol. The topological polar surface area (TPSA) is 79.9 Å². The van der Waals surface area contributed by atoms with E-state index in [0.29, 0.717) is 42.2 Å². The number of nitrogens with zero attached hydrogens (tertiary/aromatic N) is 1. The summed E-state index contributed by atoms with van der Waals surface area (Å²) in [6.07, 6.45) is -9.32. The van der Waals surface area contributed by atoms with Crippen LogP contribution in [0.15, 0.2) is 36.4 Å². The van der Waals surface area contributed by atoms with Gasteiger partial charge in [0.05, 0.1) is 22.0 Å². The molecule has 1 spiro atoms. The number of fused-ring (bicyclic) bond motifs is 1. The maximum Gasteiger partial charge on any atom is 0.416 e. The van der Waals surface area contributed by atoms with Crippen molar-refractivity contribution in [3.8, 4) is 11.5 Å².